The van der Waals surface area contributed by atoms with Crippen molar-refractivity contribution in [3.63, 3.8) is 0 Å². The molecule has 0 aliphatic carbocycles. The van der Waals surface area contributed by atoms with Gasteiger partial charge in [0.2, 0.25) is 0 Å². The molecule has 3 nitrogen and oxygen atoms in total. The molecule has 0 amide bonds. The van der Waals surface area contributed by atoms with E-state index in [1.165, 1.54) is 0 Å². The van der Waals surface area contributed by atoms with Gasteiger partial charge in [-0.1, -0.05) is 12.1 Å². The highest BCUT2D eigenvalue weighted by molar-refractivity contribution is 5.30. The van der Waals surface area contributed by atoms with E-state index in [9.17, 15) is 5.11 Å². The maximum absolute atomic E-state index is 9.31. The van der Waals surface area contributed by atoms with Crippen LogP contribution in [0.5, 0.6) is 5.75 Å². The zero-order valence-electron chi connectivity index (χ0n) is 9.47. The predicted octanol–water partition coefficient (Wildman–Crippen LogP) is 1.85. The molecule has 15 heavy (non-hydrogen) atoms. The maximum Gasteiger partial charge on any atom is 0.121 e. The van der Waals surface area contributed by atoms with Crippen LogP contribution in [0.2, 0.25) is 0 Å². The van der Waals surface area contributed by atoms with E-state index >= 15 is 0 Å². The lowest BCUT2D eigenvalue weighted by Crippen LogP contribution is -2.25. The second kappa shape index (κ2) is 5.14. The van der Waals surface area contributed by atoms with Crippen LogP contribution in [0.1, 0.15) is 32.4 Å². The van der Waals surface area contributed by atoms with Crippen molar-refractivity contribution in [1.82, 2.24) is 0 Å². The summed E-state index contributed by atoms with van der Waals surface area (Å²) in [5.74, 6) is 0.748. The Kier molecular flexibility index (Phi) is 4.12. The second-order valence-electron chi connectivity index (χ2n) is 3.92. The minimum Gasteiger partial charge on any atom is -0.488 e. The van der Waals surface area contributed by atoms with Gasteiger partial charge >= 0.3 is 0 Å². The van der Waals surface area contributed by atoms with Crippen LogP contribution < -0.4 is 10.5 Å². The van der Waals surface area contributed by atoms with E-state index < -0.39 is 6.10 Å². The van der Waals surface area contributed by atoms with Gasteiger partial charge in [0, 0.05) is 6.04 Å². The number of benzene rings is 1. The molecule has 0 aliphatic heterocycles. The van der Waals surface area contributed by atoms with E-state index in [-0.39, 0.29) is 12.1 Å². The highest BCUT2D eigenvalue weighted by Gasteiger charge is 2.10. The smallest absolute Gasteiger partial charge is 0.121 e. The third kappa shape index (κ3) is 3.53. The molecule has 3 heteroatoms. The summed E-state index contributed by atoms with van der Waals surface area (Å²) in [6.45, 7) is 5.47. The molecule has 3 unspecified atom stereocenters. The molecule has 0 bridgehead atoms. The van der Waals surface area contributed by atoms with Gasteiger partial charge in [-0.2, -0.15) is 0 Å². The first-order valence-electron chi connectivity index (χ1n) is 5.21. The summed E-state index contributed by atoms with van der Waals surface area (Å²) in [5, 5.41) is 9.31. The molecule has 3 atom stereocenters. The largest absolute Gasteiger partial charge is 0.488 e. The molecule has 0 heterocycles. The molecule has 84 valence electrons. The third-order valence-corrected chi connectivity index (χ3v) is 2.39. The Bertz CT molecular complexity index is 310. The van der Waals surface area contributed by atoms with Crippen molar-refractivity contribution in [2.75, 3.05) is 0 Å². The zero-order valence-corrected chi connectivity index (χ0v) is 9.47. The van der Waals surface area contributed by atoms with Crippen LogP contribution in [0.15, 0.2) is 24.3 Å². The lowest BCUT2D eigenvalue weighted by Gasteiger charge is -2.18. The highest BCUT2D eigenvalue weighted by Crippen LogP contribution is 2.19. The summed E-state index contributed by atoms with van der Waals surface area (Å²) in [4.78, 5) is 0. The Morgan fingerprint density at radius 1 is 1.27 bits per heavy atom. The van der Waals surface area contributed by atoms with Crippen LogP contribution in [0, 0.1) is 0 Å². The fourth-order valence-corrected chi connectivity index (χ4v) is 1.18. The first kappa shape index (κ1) is 12.0. The molecule has 1 rings (SSSR count). The van der Waals surface area contributed by atoms with Crippen LogP contribution >= 0.6 is 0 Å². The van der Waals surface area contributed by atoms with Crippen LogP contribution in [-0.4, -0.2) is 17.3 Å². The summed E-state index contributed by atoms with van der Waals surface area (Å²) < 4.78 is 5.56. The zero-order chi connectivity index (χ0) is 11.4. The Morgan fingerprint density at radius 2 is 1.93 bits per heavy atom. The van der Waals surface area contributed by atoms with Gasteiger partial charge in [-0.25, -0.2) is 0 Å². The van der Waals surface area contributed by atoms with Crippen molar-refractivity contribution in [2.45, 2.75) is 39.0 Å². The molecule has 0 radical (unpaired) electrons. The molecule has 1 aromatic carbocycles. The minimum atomic E-state index is -0.482. The van der Waals surface area contributed by atoms with Crippen molar-refractivity contribution in [1.29, 1.82) is 0 Å². The van der Waals surface area contributed by atoms with Crippen LogP contribution in [0.25, 0.3) is 0 Å². The second-order valence-corrected chi connectivity index (χ2v) is 3.92. The summed E-state index contributed by atoms with van der Waals surface area (Å²) in [6, 6.07) is 7.64. The van der Waals surface area contributed by atoms with Gasteiger partial charge in [0.05, 0.1) is 6.10 Å². The monoisotopic (exact) mass is 209 g/mol. The molecule has 1 aromatic rings. The Labute approximate surface area is 90.9 Å². The van der Waals surface area contributed by atoms with Crippen LogP contribution in [0.3, 0.4) is 0 Å². The summed E-state index contributed by atoms with van der Waals surface area (Å²) in [5.41, 5.74) is 6.80. The quantitative estimate of drug-likeness (QED) is 0.795. The third-order valence-electron chi connectivity index (χ3n) is 2.39. The van der Waals surface area contributed by atoms with Gasteiger partial charge in [-0.15, -0.1) is 0 Å². The molecule has 3 N–H and O–H groups in total. The number of aliphatic hydroxyl groups excluding tert-OH is 1. The highest BCUT2D eigenvalue weighted by atomic mass is 16.5. The molecular formula is C12H19NO2. The van der Waals surface area contributed by atoms with E-state index in [1.807, 2.05) is 38.1 Å². The first-order valence-corrected chi connectivity index (χ1v) is 5.21. The number of rotatable bonds is 4. The van der Waals surface area contributed by atoms with Gasteiger partial charge in [0.25, 0.3) is 0 Å². The van der Waals surface area contributed by atoms with Crippen molar-refractivity contribution in [3.05, 3.63) is 29.8 Å². The Morgan fingerprint density at radius 3 is 2.47 bits per heavy atom. The van der Waals surface area contributed by atoms with Crippen molar-refractivity contribution < 1.29 is 9.84 Å². The average molecular weight is 209 g/mol. The van der Waals surface area contributed by atoms with E-state index in [4.69, 9.17) is 10.5 Å². The number of aliphatic hydroxyl groups is 1. The summed E-state index contributed by atoms with van der Waals surface area (Å²) in [6.07, 6.45) is -0.697. The number of hydrogen-bond donors (Lipinski definition) is 2. The minimum absolute atomic E-state index is 0.00425. The maximum atomic E-state index is 9.31. The topological polar surface area (TPSA) is 55.5 Å². The van der Waals surface area contributed by atoms with Gasteiger partial charge in [0.1, 0.15) is 11.9 Å². The van der Waals surface area contributed by atoms with Crippen molar-refractivity contribution in [3.8, 4) is 5.75 Å². The first-order chi connectivity index (χ1) is 7.00. The fraction of sp³-hybridized carbons (Fsp3) is 0.500. The van der Waals surface area contributed by atoms with Crippen molar-refractivity contribution in [2.24, 2.45) is 5.73 Å². The number of hydrogen-bond acceptors (Lipinski definition) is 3. The van der Waals surface area contributed by atoms with Gasteiger partial charge < -0.3 is 15.6 Å². The standard InChI is InChI=1S/C12H19NO2/c1-8(13)11-5-4-6-12(7-11)15-10(3)9(2)14/h4-10,14H,13H2,1-3H3. The SMILES string of the molecule is CC(N)c1cccc(OC(C)C(C)O)c1. The van der Waals surface area contributed by atoms with E-state index in [1.54, 1.807) is 6.92 Å². The Hall–Kier alpha value is -1.06. The van der Waals surface area contributed by atoms with Gasteiger partial charge in [-0.05, 0) is 38.5 Å². The van der Waals surface area contributed by atoms with Crippen LogP contribution in [-0.2, 0) is 0 Å². The molecule has 0 aromatic heterocycles. The lowest BCUT2D eigenvalue weighted by molar-refractivity contribution is 0.0604. The molecule has 0 saturated heterocycles. The summed E-state index contributed by atoms with van der Waals surface area (Å²) >= 11 is 0. The lowest BCUT2D eigenvalue weighted by atomic mass is 10.1. The number of ether oxygens (including phenoxy) is 1. The summed E-state index contributed by atoms with van der Waals surface area (Å²) in [7, 11) is 0. The van der Waals surface area contributed by atoms with Crippen molar-refractivity contribution >= 4 is 0 Å². The fourth-order valence-electron chi connectivity index (χ4n) is 1.18. The molecule has 0 aliphatic rings. The molecule has 0 saturated carbocycles. The Balaban J connectivity index is 2.73. The van der Waals surface area contributed by atoms with E-state index in [0.29, 0.717) is 0 Å². The van der Waals surface area contributed by atoms with Gasteiger partial charge in [0.15, 0.2) is 0 Å². The predicted molar refractivity (Wildman–Crippen MR) is 60.8 cm³/mol. The molecule has 0 fully saturated rings. The van der Waals surface area contributed by atoms with Gasteiger partial charge in [-0.3, -0.25) is 0 Å². The van der Waals surface area contributed by atoms with Crippen LogP contribution in [0.4, 0.5) is 0 Å². The normalized spacial score (nSPS) is 16.9. The number of nitrogens with two attached hydrogens (primary N) is 1. The van der Waals surface area contributed by atoms with E-state index in [0.717, 1.165) is 11.3 Å². The molecule has 0 spiro atoms. The average Bonchev–Trinajstić information content (AvgIpc) is 2.18. The molecular weight excluding hydrogens is 190 g/mol. The van der Waals surface area contributed by atoms with E-state index in [2.05, 4.69) is 0 Å².